The Hall–Kier alpha value is -2.52. The summed E-state index contributed by atoms with van der Waals surface area (Å²) in [5.74, 6) is -0.344. The fraction of sp³-hybridized carbons (Fsp3) is 0.333. The van der Waals surface area contributed by atoms with Crippen molar-refractivity contribution in [1.82, 2.24) is 19.7 Å². The molecule has 4 heterocycles. The number of carbonyl (C=O) groups excluding carboxylic acids is 1. The molecule has 1 aromatic heterocycles. The lowest BCUT2D eigenvalue weighted by Gasteiger charge is -2.15. The van der Waals surface area contributed by atoms with Crippen molar-refractivity contribution in [3.63, 3.8) is 0 Å². The van der Waals surface area contributed by atoms with Crippen LogP contribution in [0.25, 0.3) is 11.3 Å². The SMILES string of the molecule is O=C(Nc1nccs1)c1cn(C[C@H]2CCCO2)cc2c(=O)[nH]nc1-2. The molecular weight excluding hydrogens is 330 g/mol. The molecule has 0 radical (unpaired) electrons. The van der Waals surface area contributed by atoms with E-state index >= 15 is 0 Å². The third kappa shape index (κ3) is 2.83. The first kappa shape index (κ1) is 15.0. The zero-order valence-corrected chi connectivity index (χ0v) is 13.5. The van der Waals surface area contributed by atoms with Gasteiger partial charge in [0, 0.05) is 37.1 Å². The zero-order valence-electron chi connectivity index (χ0n) is 12.7. The summed E-state index contributed by atoms with van der Waals surface area (Å²) in [6.07, 6.45) is 7.13. The largest absolute Gasteiger partial charge is 0.376 e. The summed E-state index contributed by atoms with van der Waals surface area (Å²) in [6.45, 7) is 1.35. The highest BCUT2D eigenvalue weighted by Gasteiger charge is 2.23. The minimum atomic E-state index is -0.344. The summed E-state index contributed by atoms with van der Waals surface area (Å²) in [6, 6.07) is 0. The second-order valence-corrected chi connectivity index (χ2v) is 6.50. The minimum absolute atomic E-state index is 0.101. The van der Waals surface area contributed by atoms with Crippen LogP contribution in [0.15, 0.2) is 28.8 Å². The lowest BCUT2D eigenvalue weighted by Crippen LogP contribution is -2.20. The summed E-state index contributed by atoms with van der Waals surface area (Å²) in [7, 11) is 0. The van der Waals surface area contributed by atoms with Crippen molar-refractivity contribution < 1.29 is 9.53 Å². The number of nitrogens with zero attached hydrogens (tertiary/aromatic N) is 3. The van der Waals surface area contributed by atoms with Gasteiger partial charge in [0.1, 0.15) is 5.69 Å². The number of thiazole rings is 1. The minimum Gasteiger partial charge on any atom is -0.376 e. The van der Waals surface area contributed by atoms with E-state index in [0.29, 0.717) is 28.5 Å². The van der Waals surface area contributed by atoms with Crippen LogP contribution in [-0.4, -0.2) is 38.4 Å². The highest BCUT2D eigenvalue weighted by Crippen LogP contribution is 2.23. The van der Waals surface area contributed by atoms with Crippen LogP contribution < -0.4 is 10.9 Å². The number of nitrogens with one attached hydrogen (secondary N) is 2. The Morgan fingerprint density at radius 1 is 1.50 bits per heavy atom. The standard InChI is InChI=1S/C15H15N5O3S/c21-13(17-15-16-3-5-24-15)10-7-20(6-9-2-1-4-23-9)8-11-12(10)18-19-14(11)22/h3,5,7-9H,1-2,4,6H2,(H,19,22)(H,16,17,21)/t9-/m1/s1. The molecule has 3 aliphatic heterocycles. The second-order valence-electron chi connectivity index (χ2n) is 5.61. The number of hydrogen-bond acceptors (Lipinski definition) is 6. The van der Waals surface area contributed by atoms with E-state index in [-0.39, 0.29) is 17.6 Å². The Labute approximate surface area is 140 Å². The molecule has 0 saturated carbocycles. The predicted octanol–water partition coefficient (Wildman–Crippen LogP) is 1.56. The van der Waals surface area contributed by atoms with Crippen molar-refractivity contribution in [3.8, 4) is 11.3 Å². The first-order valence-electron chi connectivity index (χ1n) is 7.61. The number of rotatable bonds is 4. The van der Waals surface area contributed by atoms with Crippen LogP contribution in [0.5, 0.6) is 0 Å². The number of H-pyrrole nitrogens is 1. The Morgan fingerprint density at radius 2 is 2.42 bits per heavy atom. The van der Waals surface area contributed by atoms with Gasteiger partial charge >= 0.3 is 0 Å². The lowest BCUT2D eigenvalue weighted by molar-refractivity contribution is 0.0961. The topological polar surface area (TPSA) is 102 Å². The van der Waals surface area contributed by atoms with Gasteiger partial charge in [0.2, 0.25) is 0 Å². The summed E-state index contributed by atoms with van der Waals surface area (Å²) >= 11 is 1.33. The normalized spacial score (nSPS) is 17.4. The van der Waals surface area contributed by atoms with Gasteiger partial charge < -0.3 is 9.30 Å². The van der Waals surface area contributed by atoms with Gasteiger partial charge in [-0.3, -0.25) is 14.9 Å². The molecule has 4 rings (SSSR count). The van der Waals surface area contributed by atoms with E-state index in [4.69, 9.17) is 4.74 Å². The van der Waals surface area contributed by atoms with Crippen LogP contribution in [0.1, 0.15) is 23.2 Å². The molecule has 1 saturated heterocycles. The smallest absolute Gasteiger partial charge is 0.275 e. The van der Waals surface area contributed by atoms with E-state index < -0.39 is 0 Å². The number of amides is 1. The molecule has 0 aromatic carbocycles. The molecule has 9 heteroatoms. The van der Waals surface area contributed by atoms with Crippen LogP contribution in [0.2, 0.25) is 0 Å². The van der Waals surface area contributed by atoms with Gasteiger partial charge in [0.05, 0.1) is 17.2 Å². The van der Waals surface area contributed by atoms with Crippen molar-refractivity contribution >= 4 is 22.4 Å². The number of carbonyl (C=O) groups is 1. The molecule has 0 bridgehead atoms. The second kappa shape index (κ2) is 6.17. The maximum Gasteiger partial charge on any atom is 0.275 e. The number of hydrogen-bond donors (Lipinski definition) is 2. The van der Waals surface area contributed by atoms with Crippen molar-refractivity contribution in [2.45, 2.75) is 25.5 Å². The molecule has 2 N–H and O–H groups in total. The van der Waals surface area contributed by atoms with E-state index in [9.17, 15) is 9.59 Å². The third-order valence-corrected chi connectivity index (χ3v) is 4.64. The fourth-order valence-electron chi connectivity index (χ4n) is 2.83. The van der Waals surface area contributed by atoms with Crippen LogP contribution in [0.4, 0.5) is 5.13 Å². The Kier molecular flexibility index (Phi) is 3.87. The molecule has 0 unspecified atom stereocenters. The van der Waals surface area contributed by atoms with Gasteiger partial charge in [-0.25, -0.2) is 10.1 Å². The number of pyridine rings is 1. The highest BCUT2D eigenvalue weighted by molar-refractivity contribution is 7.13. The molecule has 1 atom stereocenters. The summed E-state index contributed by atoms with van der Waals surface area (Å²) in [5, 5.41) is 11.4. The quantitative estimate of drug-likeness (QED) is 0.747. The van der Waals surface area contributed by atoms with E-state index in [1.807, 2.05) is 4.57 Å². The number of fused-ring (bicyclic) bond motifs is 1. The zero-order chi connectivity index (χ0) is 16.5. The van der Waals surface area contributed by atoms with Gasteiger partial charge in [-0.05, 0) is 12.8 Å². The van der Waals surface area contributed by atoms with Crippen molar-refractivity contribution in [3.05, 3.63) is 39.9 Å². The Morgan fingerprint density at radius 3 is 3.17 bits per heavy atom. The maximum atomic E-state index is 12.6. The van der Waals surface area contributed by atoms with Crippen LogP contribution in [0, 0.1) is 0 Å². The highest BCUT2D eigenvalue weighted by atomic mass is 32.1. The lowest BCUT2D eigenvalue weighted by atomic mass is 10.1. The van der Waals surface area contributed by atoms with Crippen molar-refractivity contribution in [2.24, 2.45) is 0 Å². The van der Waals surface area contributed by atoms with E-state index in [0.717, 1.165) is 19.4 Å². The molecule has 1 aromatic rings. The number of aromatic amines is 1. The van der Waals surface area contributed by atoms with Crippen LogP contribution in [-0.2, 0) is 11.3 Å². The Bertz CT molecular complexity index is 879. The summed E-state index contributed by atoms with van der Waals surface area (Å²) < 4.78 is 7.46. The number of anilines is 1. The average Bonchev–Trinajstić information content (AvgIpc) is 3.31. The van der Waals surface area contributed by atoms with E-state index in [2.05, 4.69) is 20.5 Å². The monoisotopic (exact) mass is 345 g/mol. The fourth-order valence-corrected chi connectivity index (χ4v) is 3.36. The number of ether oxygens (including phenoxy) is 1. The van der Waals surface area contributed by atoms with Crippen molar-refractivity contribution in [1.29, 1.82) is 0 Å². The molecule has 0 spiro atoms. The predicted molar refractivity (Wildman–Crippen MR) is 88.5 cm³/mol. The molecule has 8 nitrogen and oxygen atoms in total. The molecule has 1 amide bonds. The molecule has 3 aliphatic rings. The third-order valence-electron chi connectivity index (χ3n) is 3.95. The number of aromatic nitrogens is 4. The molecule has 24 heavy (non-hydrogen) atoms. The summed E-state index contributed by atoms with van der Waals surface area (Å²) in [4.78, 5) is 28.6. The summed E-state index contributed by atoms with van der Waals surface area (Å²) in [5.41, 5.74) is 0.770. The van der Waals surface area contributed by atoms with Gasteiger partial charge in [-0.1, -0.05) is 0 Å². The van der Waals surface area contributed by atoms with Gasteiger partial charge in [-0.15, -0.1) is 11.3 Å². The van der Waals surface area contributed by atoms with Crippen molar-refractivity contribution in [2.75, 3.05) is 11.9 Å². The van der Waals surface area contributed by atoms with Gasteiger partial charge in [0.15, 0.2) is 5.13 Å². The first-order chi connectivity index (χ1) is 11.7. The maximum absolute atomic E-state index is 12.6. The molecular formula is C15H15N5O3S. The molecule has 1 fully saturated rings. The van der Waals surface area contributed by atoms with Gasteiger partial charge in [0.25, 0.3) is 11.5 Å². The average molecular weight is 345 g/mol. The van der Waals surface area contributed by atoms with Gasteiger partial charge in [-0.2, -0.15) is 5.10 Å². The Balaban J connectivity index is 1.69. The van der Waals surface area contributed by atoms with Crippen LogP contribution in [0.3, 0.4) is 0 Å². The van der Waals surface area contributed by atoms with Crippen LogP contribution >= 0.6 is 11.3 Å². The first-order valence-corrected chi connectivity index (χ1v) is 8.49. The molecule has 0 aliphatic carbocycles. The molecule has 124 valence electrons. The van der Waals surface area contributed by atoms with E-state index in [1.54, 1.807) is 24.0 Å². The van der Waals surface area contributed by atoms with E-state index in [1.165, 1.54) is 11.3 Å².